The molecule has 0 saturated heterocycles. The van der Waals surface area contributed by atoms with Crippen LogP contribution in [0, 0.1) is 46.8 Å². The van der Waals surface area contributed by atoms with Crippen molar-refractivity contribution in [1.29, 1.82) is 0 Å². The average molecular weight is 1660 g/mol. The fourth-order valence-corrected chi connectivity index (χ4v) is 12.0. The van der Waals surface area contributed by atoms with Crippen molar-refractivity contribution in [2.45, 2.75) is 330 Å². The number of nitrogens with zero attached hydrogens (tertiary/aromatic N) is 1. The molecule has 0 fully saturated rings. The van der Waals surface area contributed by atoms with Crippen LogP contribution in [0.25, 0.3) is 0 Å². The number of Topliss-reactive ketones (excluding diaryl/α,β-unsaturated/α-hetero) is 1. The molecule has 0 aliphatic carbocycles. The lowest BCUT2D eigenvalue weighted by atomic mass is 9.78. The van der Waals surface area contributed by atoms with E-state index in [0.717, 1.165) is 0 Å². The van der Waals surface area contributed by atoms with Gasteiger partial charge in [0.2, 0.25) is 59.1 Å². The maximum atomic E-state index is 14.6. The van der Waals surface area contributed by atoms with E-state index in [-0.39, 0.29) is 78.4 Å². The molecule has 0 aromatic rings. The molecular formula is C84H147N15O18. The Morgan fingerprint density at radius 1 is 0.359 bits per heavy atom. The molecule has 13 atom stereocenters. The zero-order chi connectivity index (χ0) is 91.5. The van der Waals surface area contributed by atoms with Gasteiger partial charge < -0.3 is 94.7 Å². The summed E-state index contributed by atoms with van der Waals surface area (Å²) in [7, 11) is 3.75. The van der Waals surface area contributed by atoms with Crippen LogP contribution < -0.4 is 74.4 Å². The van der Waals surface area contributed by atoms with Crippen LogP contribution in [0.2, 0.25) is 0 Å². The predicted octanol–water partition coefficient (Wildman–Crippen LogP) is 3.90. The number of carbonyl (C=O) groups excluding carboxylic acids is 15. The van der Waals surface area contributed by atoms with Gasteiger partial charge in [-0.1, -0.05) is 124 Å². The lowest BCUT2D eigenvalue weighted by Gasteiger charge is -2.35. The fraction of sp³-hybridized carbons (Fsp3) is 0.726. The summed E-state index contributed by atoms with van der Waals surface area (Å²) >= 11 is 0. The lowest BCUT2D eigenvalue weighted by molar-refractivity contribution is -0.147. The summed E-state index contributed by atoms with van der Waals surface area (Å²) < 4.78 is 0. The molecule has 117 heavy (non-hydrogen) atoms. The second-order valence-corrected chi connectivity index (χ2v) is 35.2. The highest BCUT2D eigenvalue weighted by atomic mass is 16.3. The minimum absolute atomic E-state index is 0.0135. The molecule has 33 nitrogen and oxygen atoms in total. The SMILES string of the molecule is CC/C(C)=C(\NC(=O)[C@@H](NC(=O)[C@H](NC(=O)[C@H](NC(=O)[C@H](NC(=O)/C(NC(=O)[C@H](C)NC(=O)/C(NC(=O)[C@@H](NC(=O)C(C)(C)C(=O)[C@@H](C)CC(C)C)[C@](C)(O)CC)=C(/C)CC)=C(/C)CC)C(C)C)[C@@H](C)CC)C(C)(C)O)C(C)(C)O)C(=O)N[C@H](C)C(=O)N[C@@H](C(=O)N[C@H](C(=O)NC(C(=O)N[C@H](CN(C)C)C(C)C)=C(C)C)C(C)C)C(C)C. The topological polar surface area (TPSA) is 488 Å². The van der Waals surface area contributed by atoms with E-state index in [1.807, 2.05) is 46.7 Å². The van der Waals surface area contributed by atoms with Crippen LogP contribution in [0.5, 0.6) is 0 Å². The largest absolute Gasteiger partial charge is 0.388 e. The number of nitrogens with one attached hydrogen (secondary N) is 14. The first-order chi connectivity index (χ1) is 53.5. The van der Waals surface area contributed by atoms with E-state index in [1.54, 1.807) is 118 Å². The summed E-state index contributed by atoms with van der Waals surface area (Å²) in [6.45, 7) is 49.3. The molecular weight excluding hydrogens is 1510 g/mol. The maximum absolute atomic E-state index is 14.6. The number of likely N-dealkylation sites (N-methyl/N-ethyl adjacent to an activating group) is 1. The number of allylic oxidation sites excluding steroid dienone is 4. The molecule has 0 aromatic heterocycles. The van der Waals surface area contributed by atoms with Crippen LogP contribution in [0.1, 0.15) is 253 Å². The van der Waals surface area contributed by atoms with E-state index in [1.165, 1.54) is 69.2 Å². The van der Waals surface area contributed by atoms with Crippen molar-refractivity contribution in [2.24, 2.45) is 46.8 Å². The lowest BCUT2D eigenvalue weighted by Crippen LogP contribution is -2.66. The first-order valence-corrected chi connectivity index (χ1v) is 40.9. The van der Waals surface area contributed by atoms with Crippen LogP contribution in [-0.2, 0) is 71.9 Å². The molecule has 0 radical (unpaired) electrons. The molecule has 0 aliphatic heterocycles. The van der Waals surface area contributed by atoms with E-state index >= 15 is 0 Å². The quantitative estimate of drug-likeness (QED) is 0.0303. The minimum Gasteiger partial charge on any atom is -0.388 e. The Hall–Kier alpha value is -8.95. The molecule has 0 aromatic carbocycles. The van der Waals surface area contributed by atoms with Crippen molar-refractivity contribution in [2.75, 3.05) is 20.6 Å². The highest BCUT2D eigenvalue weighted by Gasteiger charge is 2.47. The number of ketones is 1. The standard InChI is InChI=1S/C84H147N15O18/c1-34-47(18)59(73(107)85-52(23)67(101)88-56(44(12)13)70(104)90-57(45(14)15)71(105)89-55(43(10)11)69(103)87-54(42(8)9)40-99(32)33)94-77(111)63(82(27,28)115)97-78(112)64(83(29,30)116)96-76(110)62(50(21)37-4)93-72(106)58(46(16)17)91-75(109)61(49(20)36-3)92-68(102)53(24)86-74(108)60(48(19)35-2)95-79(113)65(84(31,117)38-5)98-80(114)81(25,26)66(100)51(22)39-41(6)7/h41-42,44-46,50-54,56-58,62-65,115-117H,34-40H2,1-33H3,(H,85,107)(H,86,108)(H,87,103)(H,88,101)(H,89,105)(H,90,104)(H,91,109)(H,92,102)(H,93,106)(H,94,111)(H,95,113)(H,96,110)(H,97,112)(H,98,114)/b59-47-,60-48+,61-49+/t50-,51-,52+,53-,54+,56+,57-,58+,62+,63+,64-,65+,84+/m0/s1. The van der Waals surface area contributed by atoms with Gasteiger partial charge in [-0.05, 0) is 201 Å². The second kappa shape index (κ2) is 47.6. The van der Waals surface area contributed by atoms with Gasteiger partial charge in [0.1, 0.15) is 82.6 Å². The van der Waals surface area contributed by atoms with Gasteiger partial charge in [0, 0.05) is 18.5 Å². The van der Waals surface area contributed by atoms with Crippen molar-refractivity contribution < 1.29 is 87.2 Å². The number of hydrogen-bond donors (Lipinski definition) is 17. The molecule has 0 saturated carbocycles. The normalized spacial score (nSPS) is 16.3. The molecule has 14 amide bonds. The van der Waals surface area contributed by atoms with E-state index in [0.29, 0.717) is 29.7 Å². The van der Waals surface area contributed by atoms with Crippen LogP contribution in [0.15, 0.2) is 45.1 Å². The second-order valence-electron chi connectivity index (χ2n) is 35.2. The van der Waals surface area contributed by atoms with Gasteiger partial charge in [-0.25, -0.2) is 0 Å². The number of rotatable bonds is 47. The number of amides is 14. The van der Waals surface area contributed by atoms with Crippen LogP contribution >= 0.6 is 0 Å². The van der Waals surface area contributed by atoms with Gasteiger partial charge in [-0.15, -0.1) is 0 Å². The average Bonchev–Trinajstić information content (AvgIpc) is 0.805. The molecule has 0 bridgehead atoms. The van der Waals surface area contributed by atoms with Gasteiger partial charge >= 0.3 is 0 Å². The predicted molar refractivity (Wildman–Crippen MR) is 449 cm³/mol. The summed E-state index contributed by atoms with van der Waals surface area (Å²) in [6, 6.07) is -14.0. The summed E-state index contributed by atoms with van der Waals surface area (Å²) in [4.78, 5) is 214. The van der Waals surface area contributed by atoms with E-state index in [2.05, 4.69) is 74.4 Å². The molecule has 0 spiro atoms. The Morgan fingerprint density at radius 3 is 1.08 bits per heavy atom. The highest BCUT2D eigenvalue weighted by Crippen LogP contribution is 2.28. The van der Waals surface area contributed by atoms with Crippen LogP contribution in [-0.4, -0.2) is 207 Å². The van der Waals surface area contributed by atoms with Gasteiger partial charge in [0.05, 0.1) is 16.8 Å². The summed E-state index contributed by atoms with van der Waals surface area (Å²) in [5.74, 6) is -15.9. The summed E-state index contributed by atoms with van der Waals surface area (Å²) in [5.41, 5.74) is -7.37. The zero-order valence-electron chi connectivity index (χ0n) is 76.2. The highest BCUT2D eigenvalue weighted by molar-refractivity contribution is 6.09. The maximum Gasteiger partial charge on any atom is 0.268 e. The third-order valence-corrected chi connectivity index (χ3v) is 20.8. The van der Waals surface area contributed by atoms with Gasteiger partial charge in [0.25, 0.3) is 23.6 Å². The molecule has 0 aliphatic rings. The van der Waals surface area contributed by atoms with Crippen molar-refractivity contribution in [3.8, 4) is 0 Å². The first kappa shape index (κ1) is 108. The van der Waals surface area contributed by atoms with Crippen molar-refractivity contribution >= 4 is 88.5 Å². The Bertz CT molecular complexity index is 3660. The van der Waals surface area contributed by atoms with Crippen molar-refractivity contribution in [1.82, 2.24) is 79.3 Å². The minimum atomic E-state index is -2.15. The molecule has 33 heteroatoms. The van der Waals surface area contributed by atoms with Gasteiger partial charge in [-0.2, -0.15) is 0 Å². The van der Waals surface area contributed by atoms with Crippen LogP contribution in [0.3, 0.4) is 0 Å². The molecule has 666 valence electrons. The van der Waals surface area contributed by atoms with E-state index in [9.17, 15) is 87.2 Å². The first-order valence-electron chi connectivity index (χ1n) is 40.9. The Labute approximate surface area is 695 Å². The Kier molecular flexibility index (Phi) is 44.0. The fourth-order valence-electron chi connectivity index (χ4n) is 12.0. The zero-order valence-corrected chi connectivity index (χ0v) is 76.2. The van der Waals surface area contributed by atoms with E-state index in [4.69, 9.17) is 0 Å². The van der Waals surface area contributed by atoms with Gasteiger partial charge in [0.15, 0.2) is 5.78 Å². The monoisotopic (exact) mass is 1650 g/mol. The third-order valence-electron chi connectivity index (χ3n) is 20.8. The third kappa shape index (κ3) is 33.4. The molecule has 0 rings (SSSR count). The number of carbonyl (C=O) groups is 15. The van der Waals surface area contributed by atoms with Crippen molar-refractivity contribution in [3.05, 3.63) is 45.1 Å². The van der Waals surface area contributed by atoms with Crippen LogP contribution in [0.4, 0.5) is 0 Å². The summed E-state index contributed by atoms with van der Waals surface area (Å²) in [5, 5.41) is 71.1. The summed E-state index contributed by atoms with van der Waals surface area (Å²) in [6.07, 6.45) is 1.24. The van der Waals surface area contributed by atoms with Gasteiger partial charge in [-0.3, -0.25) is 71.9 Å². The smallest absolute Gasteiger partial charge is 0.268 e. The van der Waals surface area contributed by atoms with E-state index < -0.39 is 195 Å². The Balaban J connectivity index is 6.94. The number of hydrogen-bond acceptors (Lipinski definition) is 19. The molecule has 0 unspecified atom stereocenters. The van der Waals surface area contributed by atoms with Crippen molar-refractivity contribution in [3.63, 3.8) is 0 Å². The molecule has 0 heterocycles. The Morgan fingerprint density at radius 2 is 0.701 bits per heavy atom. The number of aliphatic hydroxyl groups is 3. The molecule has 17 N–H and O–H groups in total.